The molecule has 2 N–H and O–H groups in total. The van der Waals surface area contributed by atoms with E-state index in [1.165, 1.54) is 0 Å². The Labute approximate surface area is 120 Å². The Morgan fingerprint density at radius 3 is 2.85 bits per heavy atom. The third-order valence-corrected chi connectivity index (χ3v) is 3.67. The van der Waals surface area contributed by atoms with Gasteiger partial charge in [-0.3, -0.25) is 4.79 Å². The number of rotatable bonds is 4. The van der Waals surface area contributed by atoms with Crippen LogP contribution in [0.4, 0.5) is 5.69 Å². The van der Waals surface area contributed by atoms with Gasteiger partial charge in [0.15, 0.2) is 0 Å². The molecule has 0 radical (unpaired) electrons. The molecule has 4 nitrogen and oxygen atoms in total. The first-order valence-electron chi connectivity index (χ1n) is 7.19. The molecule has 0 spiro atoms. The molecule has 1 aromatic carbocycles. The highest BCUT2D eigenvalue weighted by molar-refractivity contribution is 5.92. The molecule has 1 fully saturated rings. The molecule has 1 amide bonds. The highest BCUT2D eigenvalue weighted by Crippen LogP contribution is 2.23. The maximum absolute atomic E-state index is 12.0. The number of benzene rings is 1. The van der Waals surface area contributed by atoms with Crippen molar-refractivity contribution in [1.82, 2.24) is 5.32 Å². The Bertz CT molecular complexity index is 471. The lowest BCUT2D eigenvalue weighted by atomic mass is 9.94. The summed E-state index contributed by atoms with van der Waals surface area (Å²) in [6.07, 6.45) is 1.89. The second-order valence-electron chi connectivity index (χ2n) is 6.04. The summed E-state index contributed by atoms with van der Waals surface area (Å²) in [5.74, 6) is 0.00333. The number of carbonyl (C=O) groups is 1. The van der Waals surface area contributed by atoms with Gasteiger partial charge in [-0.2, -0.15) is 0 Å². The van der Waals surface area contributed by atoms with Crippen LogP contribution in [0.5, 0.6) is 0 Å². The highest BCUT2D eigenvalue weighted by Gasteiger charge is 2.28. The van der Waals surface area contributed by atoms with E-state index in [1.54, 1.807) is 0 Å². The van der Waals surface area contributed by atoms with Gasteiger partial charge in [-0.25, -0.2) is 0 Å². The van der Waals surface area contributed by atoms with E-state index in [4.69, 9.17) is 4.74 Å². The normalized spacial score (nSPS) is 21.4. The number of hydrogen-bond acceptors (Lipinski definition) is 3. The standard InChI is InChI=1S/C16H24N2O2/c1-12-6-4-5-7-14(12)18-15(19)11-17-13-8-9-20-16(2,3)10-13/h4-7,13,17H,8-11H2,1-3H3,(H,18,19). The van der Waals surface area contributed by atoms with Crippen LogP contribution in [-0.4, -0.2) is 30.7 Å². The second kappa shape index (κ2) is 6.37. The van der Waals surface area contributed by atoms with Gasteiger partial charge in [-0.05, 0) is 45.2 Å². The zero-order valence-electron chi connectivity index (χ0n) is 12.5. The third-order valence-electron chi connectivity index (χ3n) is 3.67. The van der Waals surface area contributed by atoms with Crippen LogP contribution in [0, 0.1) is 6.92 Å². The molecule has 1 aliphatic heterocycles. The van der Waals surface area contributed by atoms with Crippen LogP contribution in [-0.2, 0) is 9.53 Å². The van der Waals surface area contributed by atoms with Gasteiger partial charge in [0.1, 0.15) is 0 Å². The molecular formula is C16H24N2O2. The van der Waals surface area contributed by atoms with Gasteiger partial charge in [-0.15, -0.1) is 0 Å². The summed E-state index contributed by atoms with van der Waals surface area (Å²) in [5.41, 5.74) is 1.86. The Morgan fingerprint density at radius 1 is 1.40 bits per heavy atom. The molecule has 0 saturated carbocycles. The van der Waals surface area contributed by atoms with E-state index in [-0.39, 0.29) is 11.5 Å². The fourth-order valence-corrected chi connectivity index (χ4v) is 2.55. The molecule has 20 heavy (non-hydrogen) atoms. The largest absolute Gasteiger partial charge is 0.375 e. The van der Waals surface area contributed by atoms with Crippen LogP contribution in [0.2, 0.25) is 0 Å². The first-order valence-corrected chi connectivity index (χ1v) is 7.19. The molecule has 0 aromatic heterocycles. The summed E-state index contributed by atoms with van der Waals surface area (Å²) < 4.78 is 5.67. The molecule has 0 bridgehead atoms. The highest BCUT2D eigenvalue weighted by atomic mass is 16.5. The van der Waals surface area contributed by atoms with Crippen LogP contribution in [0.15, 0.2) is 24.3 Å². The predicted octanol–water partition coefficient (Wildman–Crippen LogP) is 2.48. The van der Waals surface area contributed by atoms with Crippen LogP contribution in [0.1, 0.15) is 32.3 Å². The molecule has 1 saturated heterocycles. The quantitative estimate of drug-likeness (QED) is 0.888. The molecule has 2 rings (SSSR count). The Morgan fingerprint density at radius 2 is 2.15 bits per heavy atom. The zero-order valence-corrected chi connectivity index (χ0v) is 12.5. The van der Waals surface area contributed by atoms with E-state index in [0.717, 1.165) is 30.7 Å². The molecular weight excluding hydrogens is 252 g/mol. The van der Waals surface area contributed by atoms with E-state index in [2.05, 4.69) is 24.5 Å². The minimum atomic E-state index is -0.0948. The van der Waals surface area contributed by atoms with E-state index in [0.29, 0.717) is 12.6 Å². The van der Waals surface area contributed by atoms with Gasteiger partial charge in [0.05, 0.1) is 12.1 Å². The SMILES string of the molecule is Cc1ccccc1NC(=O)CNC1CCOC(C)(C)C1. The summed E-state index contributed by atoms with van der Waals surface area (Å²) in [5, 5.41) is 6.26. The van der Waals surface area contributed by atoms with Crippen molar-refractivity contribution in [3.8, 4) is 0 Å². The molecule has 110 valence electrons. The summed E-state index contributed by atoms with van der Waals surface area (Å²) in [7, 11) is 0. The molecule has 4 heteroatoms. The Balaban J connectivity index is 1.79. The first-order chi connectivity index (χ1) is 9.46. The Hall–Kier alpha value is -1.39. The van der Waals surface area contributed by atoms with Crippen molar-refractivity contribution >= 4 is 11.6 Å². The molecule has 1 atom stereocenters. The number of para-hydroxylation sites is 1. The third kappa shape index (κ3) is 4.32. The van der Waals surface area contributed by atoms with Gasteiger partial charge in [-0.1, -0.05) is 18.2 Å². The summed E-state index contributed by atoms with van der Waals surface area (Å²) in [4.78, 5) is 12.0. The summed E-state index contributed by atoms with van der Waals surface area (Å²) in [6, 6.07) is 8.15. The first kappa shape index (κ1) is 15.0. The van der Waals surface area contributed by atoms with E-state index in [9.17, 15) is 4.79 Å². The van der Waals surface area contributed by atoms with Gasteiger partial charge in [0.2, 0.25) is 5.91 Å². The van der Waals surface area contributed by atoms with Crippen molar-refractivity contribution in [3.05, 3.63) is 29.8 Å². The average molecular weight is 276 g/mol. The Kier molecular flexibility index (Phi) is 4.78. The van der Waals surface area contributed by atoms with Gasteiger partial charge in [0, 0.05) is 18.3 Å². The van der Waals surface area contributed by atoms with Crippen molar-refractivity contribution in [2.45, 2.75) is 45.3 Å². The number of carbonyl (C=O) groups excluding carboxylic acids is 1. The van der Waals surface area contributed by atoms with Crippen molar-refractivity contribution in [2.75, 3.05) is 18.5 Å². The topological polar surface area (TPSA) is 50.4 Å². The average Bonchev–Trinajstić information content (AvgIpc) is 2.38. The molecule has 1 aromatic rings. The van der Waals surface area contributed by atoms with Gasteiger partial charge < -0.3 is 15.4 Å². The number of hydrogen-bond donors (Lipinski definition) is 2. The maximum atomic E-state index is 12.0. The van der Waals surface area contributed by atoms with E-state index < -0.39 is 0 Å². The molecule has 1 aliphatic rings. The molecule has 0 aliphatic carbocycles. The van der Waals surface area contributed by atoms with Crippen LogP contribution < -0.4 is 10.6 Å². The second-order valence-corrected chi connectivity index (χ2v) is 6.04. The summed E-state index contributed by atoms with van der Waals surface area (Å²) in [6.45, 7) is 7.27. The number of amides is 1. The van der Waals surface area contributed by atoms with Gasteiger partial charge in [0.25, 0.3) is 0 Å². The summed E-state index contributed by atoms with van der Waals surface area (Å²) >= 11 is 0. The van der Waals surface area contributed by atoms with Crippen molar-refractivity contribution < 1.29 is 9.53 Å². The number of aryl methyl sites for hydroxylation is 1. The van der Waals surface area contributed by atoms with Gasteiger partial charge >= 0.3 is 0 Å². The lowest BCUT2D eigenvalue weighted by molar-refractivity contribution is -0.116. The van der Waals surface area contributed by atoms with Crippen molar-refractivity contribution in [2.24, 2.45) is 0 Å². The van der Waals surface area contributed by atoms with E-state index in [1.807, 2.05) is 31.2 Å². The van der Waals surface area contributed by atoms with Crippen LogP contribution in [0.25, 0.3) is 0 Å². The van der Waals surface area contributed by atoms with Crippen molar-refractivity contribution in [1.29, 1.82) is 0 Å². The molecule has 1 unspecified atom stereocenters. The van der Waals surface area contributed by atoms with E-state index >= 15 is 0 Å². The van der Waals surface area contributed by atoms with Crippen LogP contribution in [0.3, 0.4) is 0 Å². The number of ether oxygens (including phenoxy) is 1. The zero-order chi connectivity index (χ0) is 14.6. The minimum absolute atomic E-state index is 0.00333. The lowest BCUT2D eigenvalue weighted by Gasteiger charge is -2.35. The van der Waals surface area contributed by atoms with Crippen molar-refractivity contribution in [3.63, 3.8) is 0 Å². The number of anilines is 1. The minimum Gasteiger partial charge on any atom is -0.375 e. The fourth-order valence-electron chi connectivity index (χ4n) is 2.55. The smallest absolute Gasteiger partial charge is 0.238 e. The maximum Gasteiger partial charge on any atom is 0.238 e. The predicted molar refractivity (Wildman–Crippen MR) is 80.9 cm³/mol. The molecule has 1 heterocycles. The number of nitrogens with one attached hydrogen (secondary N) is 2. The monoisotopic (exact) mass is 276 g/mol. The fraction of sp³-hybridized carbons (Fsp3) is 0.562. The lowest BCUT2D eigenvalue weighted by Crippen LogP contribution is -2.45. The van der Waals surface area contributed by atoms with Crippen LogP contribution >= 0.6 is 0 Å².